The van der Waals surface area contributed by atoms with Crippen molar-refractivity contribution in [3.8, 4) is 28.5 Å². The van der Waals surface area contributed by atoms with E-state index in [1.165, 1.54) is 19.2 Å². The Labute approximate surface area is 249 Å². The first-order chi connectivity index (χ1) is 20.4. The first kappa shape index (κ1) is 28.9. The van der Waals surface area contributed by atoms with Crippen molar-refractivity contribution in [3.05, 3.63) is 71.2 Å². The molecule has 2 amide bonds. The Morgan fingerprint density at radius 3 is 2.49 bits per heavy atom. The lowest BCUT2D eigenvalue weighted by molar-refractivity contribution is -0.127. The van der Waals surface area contributed by atoms with Gasteiger partial charge in [0.25, 0.3) is 5.91 Å². The van der Waals surface area contributed by atoms with Crippen LogP contribution in [0.3, 0.4) is 0 Å². The molecule has 0 bridgehead atoms. The number of carbonyl (C=O) groups is 2. The van der Waals surface area contributed by atoms with E-state index < -0.39 is 22.7 Å². The highest BCUT2D eigenvalue weighted by atomic mass is 19.1. The van der Waals surface area contributed by atoms with E-state index in [1.54, 1.807) is 50.2 Å². The number of rotatable bonds is 10. The number of pyridine rings is 1. The number of nitrogens with one attached hydrogen (secondary N) is 2. The van der Waals surface area contributed by atoms with Gasteiger partial charge in [-0.3, -0.25) is 9.59 Å². The molecule has 2 aromatic carbocycles. The normalized spacial score (nSPS) is 21.2. The number of hydrogen-bond acceptors (Lipinski definition) is 7. The molecule has 10 heteroatoms. The van der Waals surface area contributed by atoms with Crippen molar-refractivity contribution < 1.29 is 33.3 Å². The third-order valence-electron chi connectivity index (χ3n) is 8.50. The van der Waals surface area contributed by atoms with Crippen LogP contribution < -0.4 is 24.8 Å². The van der Waals surface area contributed by atoms with Crippen LogP contribution in [0.1, 0.15) is 68.1 Å². The van der Waals surface area contributed by atoms with Crippen LogP contribution in [0.25, 0.3) is 11.3 Å². The average Bonchev–Trinajstić information content (AvgIpc) is 3.92. The second-order valence-electron chi connectivity index (χ2n) is 12.5. The molecule has 0 saturated heterocycles. The number of hydrogen-bond donors (Lipinski definition) is 3. The Kier molecular flexibility index (Phi) is 7.07. The summed E-state index contributed by atoms with van der Waals surface area (Å²) in [5.74, 6) is 0.445. The summed E-state index contributed by atoms with van der Waals surface area (Å²) in [6, 6.07) is 12.4. The SMILES string of the molecule is COc1cc(C(=O)NC[C@](C)(O)c2cc3c(c(-c4ccc(F)cc4)n2)OC[C@]3(C)C(=O)NC2(C)CC2)ccc1OC1CC1. The van der Waals surface area contributed by atoms with Crippen molar-refractivity contribution in [2.24, 2.45) is 0 Å². The van der Waals surface area contributed by atoms with E-state index in [0.717, 1.165) is 25.7 Å². The molecule has 2 aliphatic carbocycles. The van der Waals surface area contributed by atoms with E-state index >= 15 is 0 Å². The van der Waals surface area contributed by atoms with Gasteiger partial charge in [0.2, 0.25) is 5.91 Å². The van der Waals surface area contributed by atoms with Gasteiger partial charge < -0.3 is 30.0 Å². The standard InChI is InChI=1S/C33H36FN3O6/c1-31(13-14-31)37-30(39)32(2)18-42-28-23(32)16-26(36-27(28)19-5-8-21(34)9-6-19)33(3,40)17-35-29(38)20-7-12-24(25(15-20)41-4)43-22-10-11-22/h5-9,12,15-16,22,40H,10-11,13-14,17-18H2,1-4H3,(H,35,38)(H,37,39)/t32-,33-/m0/s1. The van der Waals surface area contributed by atoms with Crippen molar-refractivity contribution >= 4 is 11.8 Å². The maximum atomic E-state index is 13.8. The third kappa shape index (κ3) is 5.76. The summed E-state index contributed by atoms with van der Waals surface area (Å²) in [6.07, 6.45) is 3.98. The molecular weight excluding hydrogens is 553 g/mol. The number of benzene rings is 2. The number of aliphatic hydroxyl groups is 1. The largest absolute Gasteiger partial charge is 0.493 e. The smallest absolute Gasteiger partial charge is 0.251 e. The molecule has 1 aliphatic heterocycles. The zero-order valence-electron chi connectivity index (χ0n) is 24.8. The summed E-state index contributed by atoms with van der Waals surface area (Å²) < 4.78 is 31.1. The van der Waals surface area contributed by atoms with Crippen LogP contribution in [0.5, 0.6) is 17.2 Å². The fourth-order valence-electron chi connectivity index (χ4n) is 5.09. The van der Waals surface area contributed by atoms with Gasteiger partial charge in [-0.1, -0.05) is 0 Å². The Hall–Kier alpha value is -4.18. The minimum absolute atomic E-state index is 0.0880. The summed E-state index contributed by atoms with van der Waals surface area (Å²) in [5.41, 5.74) is -0.827. The molecule has 3 aromatic rings. The van der Waals surface area contributed by atoms with Gasteiger partial charge in [-0.25, -0.2) is 9.37 Å². The van der Waals surface area contributed by atoms with Gasteiger partial charge in [-0.2, -0.15) is 0 Å². The molecule has 2 atom stereocenters. The number of methoxy groups -OCH3 is 1. The van der Waals surface area contributed by atoms with Gasteiger partial charge in [0.05, 0.1) is 25.5 Å². The van der Waals surface area contributed by atoms with Crippen molar-refractivity contribution in [1.29, 1.82) is 0 Å². The molecule has 43 heavy (non-hydrogen) atoms. The second-order valence-corrected chi connectivity index (χ2v) is 12.5. The number of halogens is 1. The maximum absolute atomic E-state index is 13.8. The van der Waals surface area contributed by atoms with E-state index in [-0.39, 0.29) is 36.4 Å². The number of carbonyl (C=O) groups excluding carboxylic acids is 2. The number of nitrogens with zero attached hydrogens (tertiary/aromatic N) is 1. The molecular formula is C33H36FN3O6. The maximum Gasteiger partial charge on any atom is 0.251 e. The molecule has 226 valence electrons. The average molecular weight is 590 g/mol. The van der Waals surface area contributed by atoms with Crippen LogP contribution in [0, 0.1) is 5.82 Å². The lowest BCUT2D eigenvalue weighted by atomic mass is 9.81. The first-order valence-electron chi connectivity index (χ1n) is 14.5. The van der Waals surface area contributed by atoms with E-state index in [4.69, 9.17) is 19.2 Å². The Morgan fingerprint density at radius 2 is 1.84 bits per heavy atom. The number of aromatic nitrogens is 1. The van der Waals surface area contributed by atoms with Crippen LogP contribution in [-0.2, 0) is 15.8 Å². The minimum atomic E-state index is -1.64. The van der Waals surface area contributed by atoms with Gasteiger partial charge >= 0.3 is 0 Å². The quantitative estimate of drug-likeness (QED) is 0.321. The summed E-state index contributed by atoms with van der Waals surface area (Å²) >= 11 is 0. The summed E-state index contributed by atoms with van der Waals surface area (Å²) in [7, 11) is 1.52. The van der Waals surface area contributed by atoms with Crippen molar-refractivity contribution in [3.63, 3.8) is 0 Å². The Balaban J connectivity index is 1.29. The fraction of sp³-hybridized carbons (Fsp3) is 0.424. The second kappa shape index (κ2) is 10.5. The zero-order valence-corrected chi connectivity index (χ0v) is 24.8. The highest BCUT2D eigenvalue weighted by Gasteiger charge is 2.49. The lowest BCUT2D eigenvalue weighted by Crippen LogP contribution is -2.48. The topological polar surface area (TPSA) is 119 Å². The van der Waals surface area contributed by atoms with E-state index in [0.29, 0.717) is 39.6 Å². The summed E-state index contributed by atoms with van der Waals surface area (Å²) in [6.45, 7) is 5.26. The molecule has 2 fully saturated rings. The van der Waals surface area contributed by atoms with Crippen LogP contribution in [0.2, 0.25) is 0 Å². The van der Waals surface area contributed by atoms with Gasteiger partial charge in [-0.15, -0.1) is 0 Å². The van der Waals surface area contributed by atoms with Crippen molar-refractivity contribution in [1.82, 2.24) is 15.6 Å². The molecule has 2 saturated carbocycles. The minimum Gasteiger partial charge on any atom is -0.493 e. The highest BCUT2D eigenvalue weighted by molar-refractivity contribution is 5.95. The van der Waals surface area contributed by atoms with Gasteiger partial charge in [0.15, 0.2) is 11.5 Å². The van der Waals surface area contributed by atoms with Crippen LogP contribution >= 0.6 is 0 Å². The molecule has 0 spiro atoms. The summed E-state index contributed by atoms with van der Waals surface area (Å²) in [5, 5.41) is 17.6. The zero-order chi connectivity index (χ0) is 30.6. The van der Waals surface area contributed by atoms with Crippen molar-refractivity contribution in [2.45, 2.75) is 69.1 Å². The molecule has 0 radical (unpaired) electrons. The molecule has 0 unspecified atom stereocenters. The first-order valence-corrected chi connectivity index (χ1v) is 14.5. The monoisotopic (exact) mass is 589 g/mol. The van der Waals surface area contributed by atoms with Crippen LogP contribution in [-0.4, -0.2) is 53.8 Å². The molecule has 3 aliphatic rings. The molecule has 9 nitrogen and oxygen atoms in total. The van der Waals surface area contributed by atoms with Crippen LogP contribution in [0.15, 0.2) is 48.5 Å². The fourth-order valence-corrected chi connectivity index (χ4v) is 5.09. The van der Waals surface area contributed by atoms with Gasteiger partial charge in [0.1, 0.15) is 34.9 Å². The number of fused-ring (bicyclic) bond motifs is 1. The Morgan fingerprint density at radius 1 is 1.12 bits per heavy atom. The highest BCUT2D eigenvalue weighted by Crippen LogP contribution is 2.47. The van der Waals surface area contributed by atoms with E-state index in [9.17, 15) is 19.1 Å². The lowest BCUT2D eigenvalue weighted by Gasteiger charge is -2.28. The molecule has 3 N–H and O–H groups in total. The third-order valence-corrected chi connectivity index (χ3v) is 8.50. The van der Waals surface area contributed by atoms with Crippen LogP contribution in [0.4, 0.5) is 4.39 Å². The molecule has 2 heterocycles. The van der Waals surface area contributed by atoms with Crippen molar-refractivity contribution in [2.75, 3.05) is 20.3 Å². The van der Waals surface area contributed by atoms with E-state index in [2.05, 4.69) is 10.6 Å². The predicted molar refractivity (Wildman–Crippen MR) is 157 cm³/mol. The molecule has 1 aromatic heterocycles. The van der Waals surface area contributed by atoms with Gasteiger partial charge in [0, 0.05) is 22.2 Å². The predicted octanol–water partition coefficient (Wildman–Crippen LogP) is 4.39. The van der Waals surface area contributed by atoms with E-state index in [1.807, 2.05) is 6.92 Å². The number of amides is 2. The summed E-state index contributed by atoms with van der Waals surface area (Å²) in [4.78, 5) is 31.4. The molecule has 6 rings (SSSR count). The number of ether oxygens (including phenoxy) is 3. The van der Waals surface area contributed by atoms with Gasteiger partial charge in [-0.05, 0) is 95.0 Å². The Bertz CT molecular complexity index is 1580.